The second kappa shape index (κ2) is 6.80. The third-order valence-electron chi connectivity index (χ3n) is 3.82. The highest BCUT2D eigenvalue weighted by molar-refractivity contribution is 7.90. The Kier molecular flexibility index (Phi) is 4.66. The molecule has 0 aliphatic carbocycles. The number of nitrogens with zero attached hydrogens (tertiary/aromatic N) is 3. The number of aryl methyl sites for hydroxylation is 1. The minimum atomic E-state index is -4.24. The molecule has 27 heavy (non-hydrogen) atoms. The number of hydrogen-bond acceptors (Lipinski definition) is 7. The van der Waals surface area contributed by atoms with Crippen molar-refractivity contribution >= 4 is 32.7 Å². The van der Waals surface area contributed by atoms with E-state index in [4.69, 9.17) is 4.74 Å². The molecular formula is C17H15N3O6S. The van der Waals surface area contributed by atoms with Crippen LogP contribution < -0.4 is 0 Å². The van der Waals surface area contributed by atoms with Crippen molar-refractivity contribution in [2.24, 2.45) is 0 Å². The van der Waals surface area contributed by atoms with E-state index in [0.717, 1.165) is 11.6 Å². The van der Waals surface area contributed by atoms with Crippen LogP contribution in [0.15, 0.2) is 47.4 Å². The lowest BCUT2D eigenvalue weighted by atomic mass is 10.2. The van der Waals surface area contributed by atoms with Gasteiger partial charge in [-0.3, -0.25) is 10.1 Å². The summed E-state index contributed by atoms with van der Waals surface area (Å²) in [5, 5.41) is 11.1. The maximum absolute atomic E-state index is 13.2. The molecule has 0 aliphatic heterocycles. The molecule has 0 spiro atoms. The van der Waals surface area contributed by atoms with Gasteiger partial charge in [-0.2, -0.15) is 0 Å². The molecular weight excluding hydrogens is 374 g/mol. The van der Waals surface area contributed by atoms with Crippen LogP contribution in [0.3, 0.4) is 0 Å². The Hall–Kier alpha value is -3.27. The molecule has 10 heteroatoms. The van der Waals surface area contributed by atoms with Gasteiger partial charge in [-0.25, -0.2) is 22.2 Å². The molecule has 3 aromatic rings. The first kappa shape index (κ1) is 18.5. The zero-order chi connectivity index (χ0) is 19.8. The van der Waals surface area contributed by atoms with Crippen LogP contribution in [0.2, 0.25) is 0 Å². The summed E-state index contributed by atoms with van der Waals surface area (Å²) in [5.41, 5.74) is 0.580. The van der Waals surface area contributed by atoms with Crippen molar-refractivity contribution in [2.75, 3.05) is 6.61 Å². The Morgan fingerprint density at radius 2 is 1.89 bits per heavy atom. The number of imidazole rings is 1. The number of carbonyl (C=O) groups is 1. The van der Waals surface area contributed by atoms with Crippen LogP contribution in [-0.2, 0) is 14.8 Å². The Balaban J connectivity index is 2.34. The molecule has 2 aromatic carbocycles. The molecule has 0 radical (unpaired) electrons. The number of carbonyl (C=O) groups excluding carboxylic acids is 1. The van der Waals surface area contributed by atoms with Gasteiger partial charge in [-0.1, -0.05) is 17.7 Å². The third-order valence-corrected chi connectivity index (χ3v) is 5.54. The number of esters is 1. The fourth-order valence-corrected chi connectivity index (χ4v) is 3.98. The first-order chi connectivity index (χ1) is 12.8. The molecule has 0 saturated heterocycles. The number of non-ortho nitro benzene ring substituents is 1. The van der Waals surface area contributed by atoms with Gasteiger partial charge in [0.15, 0.2) is 0 Å². The van der Waals surface area contributed by atoms with E-state index in [0.29, 0.717) is 3.97 Å². The highest BCUT2D eigenvalue weighted by Crippen LogP contribution is 2.27. The minimum absolute atomic E-state index is 0.0206. The second-order valence-corrected chi connectivity index (χ2v) is 7.46. The van der Waals surface area contributed by atoms with E-state index in [1.807, 2.05) is 0 Å². The molecule has 140 valence electrons. The summed E-state index contributed by atoms with van der Waals surface area (Å²) < 4.78 is 32.0. The standard InChI is InChI=1S/C17H15N3O6S/c1-3-26-17(21)16-18-14-9-6-12(20(22)23)10-15(14)19(16)27(24,25)13-7-4-11(2)5-8-13/h4-10H,3H2,1-2H3. The summed E-state index contributed by atoms with van der Waals surface area (Å²) in [5.74, 6) is -1.40. The lowest BCUT2D eigenvalue weighted by Gasteiger charge is -2.10. The number of benzene rings is 2. The first-order valence-electron chi connectivity index (χ1n) is 7.92. The highest BCUT2D eigenvalue weighted by Gasteiger charge is 2.29. The van der Waals surface area contributed by atoms with Gasteiger partial charge in [-0.15, -0.1) is 0 Å². The molecule has 9 nitrogen and oxygen atoms in total. The van der Waals surface area contributed by atoms with Crippen molar-refractivity contribution in [3.05, 3.63) is 64.0 Å². The summed E-state index contributed by atoms with van der Waals surface area (Å²) >= 11 is 0. The van der Waals surface area contributed by atoms with Gasteiger partial charge in [-0.05, 0) is 32.0 Å². The molecule has 0 N–H and O–H groups in total. The molecule has 0 aliphatic rings. The fraction of sp³-hybridized carbons (Fsp3) is 0.176. The highest BCUT2D eigenvalue weighted by atomic mass is 32.2. The Bertz CT molecular complexity index is 1150. The normalized spacial score (nSPS) is 11.5. The van der Waals surface area contributed by atoms with Crippen LogP contribution in [0.25, 0.3) is 11.0 Å². The third kappa shape index (κ3) is 3.26. The molecule has 0 amide bonds. The summed E-state index contributed by atoms with van der Waals surface area (Å²) in [6, 6.07) is 9.55. The second-order valence-electron chi connectivity index (χ2n) is 5.67. The molecule has 1 heterocycles. The van der Waals surface area contributed by atoms with E-state index in [2.05, 4.69) is 4.98 Å². The van der Waals surface area contributed by atoms with Crippen LogP contribution >= 0.6 is 0 Å². The lowest BCUT2D eigenvalue weighted by molar-refractivity contribution is -0.384. The number of ether oxygens (including phenoxy) is 1. The zero-order valence-corrected chi connectivity index (χ0v) is 15.3. The molecule has 1 aromatic heterocycles. The largest absolute Gasteiger partial charge is 0.460 e. The monoisotopic (exact) mass is 389 g/mol. The SMILES string of the molecule is CCOC(=O)c1nc2ccc([N+](=O)[O-])cc2n1S(=O)(=O)c1ccc(C)cc1. The van der Waals surface area contributed by atoms with E-state index >= 15 is 0 Å². The smallest absolute Gasteiger partial charge is 0.375 e. The van der Waals surface area contributed by atoms with Gasteiger partial charge >= 0.3 is 5.97 Å². The maximum Gasteiger partial charge on any atom is 0.375 e. The summed E-state index contributed by atoms with van der Waals surface area (Å²) in [7, 11) is -4.24. The summed E-state index contributed by atoms with van der Waals surface area (Å²) in [6.45, 7) is 3.40. The van der Waals surface area contributed by atoms with Gasteiger partial charge in [0.1, 0.15) is 0 Å². The maximum atomic E-state index is 13.2. The zero-order valence-electron chi connectivity index (χ0n) is 14.4. The van der Waals surface area contributed by atoms with Gasteiger partial charge in [0, 0.05) is 12.1 Å². The van der Waals surface area contributed by atoms with Gasteiger partial charge in [0.2, 0.25) is 5.82 Å². The summed E-state index contributed by atoms with van der Waals surface area (Å²) in [6.07, 6.45) is 0. The predicted octanol–water partition coefficient (Wildman–Crippen LogP) is 2.67. The molecule has 0 fully saturated rings. The van der Waals surface area contributed by atoms with Crippen molar-refractivity contribution in [2.45, 2.75) is 18.7 Å². The average Bonchev–Trinajstić information content (AvgIpc) is 3.01. The van der Waals surface area contributed by atoms with Crippen LogP contribution in [0.1, 0.15) is 23.1 Å². The van der Waals surface area contributed by atoms with Gasteiger partial charge in [0.05, 0.1) is 27.5 Å². The number of rotatable bonds is 5. The number of nitro groups is 1. The van der Waals surface area contributed by atoms with E-state index in [1.165, 1.54) is 24.3 Å². The van der Waals surface area contributed by atoms with Crippen molar-refractivity contribution in [1.29, 1.82) is 0 Å². The Morgan fingerprint density at radius 1 is 1.22 bits per heavy atom. The van der Waals surface area contributed by atoms with Gasteiger partial charge in [0.25, 0.3) is 15.7 Å². The van der Waals surface area contributed by atoms with E-state index in [9.17, 15) is 23.3 Å². The van der Waals surface area contributed by atoms with Crippen molar-refractivity contribution in [3.8, 4) is 0 Å². The van der Waals surface area contributed by atoms with Crippen molar-refractivity contribution in [1.82, 2.24) is 8.96 Å². The first-order valence-corrected chi connectivity index (χ1v) is 9.36. The van der Waals surface area contributed by atoms with Crippen LogP contribution in [-0.4, -0.2) is 34.9 Å². The average molecular weight is 389 g/mol. The molecule has 0 unspecified atom stereocenters. The molecule has 0 atom stereocenters. The molecule has 0 saturated carbocycles. The van der Waals surface area contributed by atoms with E-state index in [1.54, 1.807) is 26.0 Å². The van der Waals surface area contributed by atoms with E-state index in [-0.39, 0.29) is 28.2 Å². The fourth-order valence-electron chi connectivity index (χ4n) is 2.54. The molecule has 3 rings (SSSR count). The number of nitro benzene ring substituents is 1. The van der Waals surface area contributed by atoms with Crippen molar-refractivity contribution < 1.29 is 22.9 Å². The Morgan fingerprint density at radius 3 is 2.48 bits per heavy atom. The minimum Gasteiger partial charge on any atom is -0.460 e. The van der Waals surface area contributed by atoms with Crippen LogP contribution in [0, 0.1) is 17.0 Å². The Labute approximate surface area is 154 Å². The number of fused-ring (bicyclic) bond motifs is 1. The quantitative estimate of drug-likeness (QED) is 0.373. The number of hydrogen-bond donors (Lipinski definition) is 0. The summed E-state index contributed by atoms with van der Waals surface area (Å²) in [4.78, 5) is 26.7. The lowest BCUT2D eigenvalue weighted by Crippen LogP contribution is -2.20. The van der Waals surface area contributed by atoms with Crippen LogP contribution in [0.5, 0.6) is 0 Å². The number of aromatic nitrogens is 2. The predicted molar refractivity (Wildman–Crippen MR) is 96.1 cm³/mol. The van der Waals surface area contributed by atoms with Gasteiger partial charge < -0.3 is 4.74 Å². The van der Waals surface area contributed by atoms with Crippen molar-refractivity contribution in [3.63, 3.8) is 0 Å². The van der Waals surface area contributed by atoms with E-state index < -0.39 is 26.7 Å². The van der Waals surface area contributed by atoms with Crippen LogP contribution in [0.4, 0.5) is 5.69 Å². The molecule has 0 bridgehead atoms. The topological polar surface area (TPSA) is 121 Å².